The minimum atomic E-state index is 0.0587. The third-order valence-corrected chi connectivity index (χ3v) is 5.67. The summed E-state index contributed by atoms with van der Waals surface area (Å²) in [5.74, 6) is 1.72. The van der Waals surface area contributed by atoms with E-state index in [9.17, 15) is 4.79 Å². The van der Waals surface area contributed by atoms with Crippen LogP contribution in [0.25, 0.3) is 22.6 Å². The Morgan fingerprint density at radius 3 is 2.67 bits per heavy atom. The Labute approximate surface area is 168 Å². The molecule has 2 heterocycles. The summed E-state index contributed by atoms with van der Waals surface area (Å²) >= 11 is 4.77. The van der Waals surface area contributed by atoms with Crippen LogP contribution in [0.4, 0.5) is 0 Å². The van der Waals surface area contributed by atoms with Crippen molar-refractivity contribution in [3.8, 4) is 11.6 Å². The molecule has 0 fully saturated rings. The molecule has 0 spiro atoms. The second-order valence-corrected chi connectivity index (χ2v) is 7.78. The van der Waals surface area contributed by atoms with E-state index in [1.807, 2.05) is 66.1 Å². The monoisotopic (exact) mass is 441 g/mol. The number of benzene rings is 2. The fourth-order valence-electron chi connectivity index (χ4n) is 2.80. The predicted molar refractivity (Wildman–Crippen MR) is 110 cm³/mol. The molecule has 0 aliphatic carbocycles. The van der Waals surface area contributed by atoms with Gasteiger partial charge in [0.15, 0.2) is 16.7 Å². The molecule has 27 heavy (non-hydrogen) atoms. The van der Waals surface area contributed by atoms with Crippen LogP contribution in [-0.2, 0) is 6.54 Å². The average Bonchev–Trinajstić information content (AvgIpc) is 3.29. The number of furan rings is 1. The normalized spacial score (nSPS) is 11.2. The summed E-state index contributed by atoms with van der Waals surface area (Å²) in [6.07, 6.45) is 0. The number of hydrogen-bond donors (Lipinski definition) is 0. The lowest BCUT2D eigenvalue weighted by Gasteiger charge is -2.05. The summed E-state index contributed by atoms with van der Waals surface area (Å²) in [5, 5.41) is 10.3. The van der Waals surface area contributed by atoms with Crippen molar-refractivity contribution in [1.29, 1.82) is 0 Å². The van der Waals surface area contributed by atoms with E-state index in [2.05, 4.69) is 26.1 Å². The number of fused-ring (bicyclic) bond motifs is 1. The molecule has 0 N–H and O–H groups in total. The molecule has 4 aromatic rings. The van der Waals surface area contributed by atoms with Gasteiger partial charge in [0.25, 0.3) is 0 Å². The number of Topliss-reactive ketones (excluding diaryl/α,β-unsaturated/α-hetero) is 1. The molecule has 0 radical (unpaired) electrons. The van der Waals surface area contributed by atoms with E-state index in [0.29, 0.717) is 34.6 Å². The molecule has 7 heteroatoms. The Kier molecular flexibility index (Phi) is 5.13. The zero-order valence-corrected chi connectivity index (χ0v) is 17.0. The number of para-hydroxylation sites is 1. The van der Waals surface area contributed by atoms with Gasteiger partial charge in [0.05, 0.1) is 5.75 Å². The van der Waals surface area contributed by atoms with E-state index in [1.165, 1.54) is 11.8 Å². The quantitative estimate of drug-likeness (QED) is 0.294. The van der Waals surface area contributed by atoms with E-state index in [4.69, 9.17) is 4.42 Å². The second-order valence-electron chi connectivity index (χ2n) is 5.92. The van der Waals surface area contributed by atoms with E-state index in [0.717, 1.165) is 15.4 Å². The third kappa shape index (κ3) is 3.70. The van der Waals surface area contributed by atoms with Gasteiger partial charge in [-0.1, -0.05) is 58.0 Å². The van der Waals surface area contributed by atoms with Crippen LogP contribution in [0.1, 0.15) is 17.3 Å². The lowest BCUT2D eigenvalue weighted by atomic mass is 10.2. The number of carbonyl (C=O) groups excluding carboxylic acids is 1. The highest BCUT2D eigenvalue weighted by atomic mass is 79.9. The lowest BCUT2D eigenvalue weighted by Crippen LogP contribution is -2.05. The molecule has 0 saturated heterocycles. The highest BCUT2D eigenvalue weighted by Gasteiger charge is 2.18. The summed E-state index contributed by atoms with van der Waals surface area (Å²) < 4.78 is 8.83. The number of hydrogen-bond acceptors (Lipinski definition) is 5. The minimum Gasteiger partial charge on any atom is -0.453 e. The van der Waals surface area contributed by atoms with E-state index in [-0.39, 0.29) is 5.78 Å². The average molecular weight is 442 g/mol. The number of rotatable bonds is 6. The molecule has 2 aromatic heterocycles. The van der Waals surface area contributed by atoms with E-state index < -0.39 is 0 Å². The van der Waals surface area contributed by atoms with Crippen LogP contribution in [0, 0.1) is 0 Å². The van der Waals surface area contributed by atoms with Crippen LogP contribution in [0.5, 0.6) is 0 Å². The molecule has 0 saturated carbocycles. The molecular weight excluding hydrogens is 426 g/mol. The van der Waals surface area contributed by atoms with Crippen molar-refractivity contribution in [3.05, 3.63) is 64.6 Å². The Bertz CT molecular complexity index is 1070. The predicted octanol–water partition coefficient (Wildman–Crippen LogP) is 5.45. The fraction of sp³-hybridized carbons (Fsp3) is 0.150. The molecule has 0 aliphatic heterocycles. The number of carbonyl (C=O) groups is 1. The van der Waals surface area contributed by atoms with Crippen LogP contribution in [0.15, 0.2) is 68.6 Å². The zero-order valence-electron chi connectivity index (χ0n) is 14.6. The first kappa shape index (κ1) is 18.0. The molecule has 0 unspecified atom stereocenters. The topological polar surface area (TPSA) is 60.9 Å². The summed E-state index contributed by atoms with van der Waals surface area (Å²) in [6.45, 7) is 2.71. The molecule has 0 aliphatic rings. The summed E-state index contributed by atoms with van der Waals surface area (Å²) in [6, 6.07) is 17.2. The first-order valence-corrected chi connectivity index (χ1v) is 10.3. The Morgan fingerprint density at radius 1 is 1.15 bits per heavy atom. The van der Waals surface area contributed by atoms with E-state index >= 15 is 0 Å². The smallest absolute Gasteiger partial charge is 0.200 e. The van der Waals surface area contributed by atoms with Crippen molar-refractivity contribution in [1.82, 2.24) is 14.8 Å². The van der Waals surface area contributed by atoms with Gasteiger partial charge in [0.2, 0.25) is 5.82 Å². The summed E-state index contributed by atoms with van der Waals surface area (Å²) in [5.41, 5.74) is 1.50. The van der Waals surface area contributed by atoms with Crippen molar-refractivity contribution < 1.29 is 9.21 Å². The van der Waals surface area contributed by atoms with Gasteiger partial charge in [-0.2, -0.15) is 0 Å². The number of thioether (sulfide) groups is 1. The molecule has 136 valence electrons. The van der Waals surface area contributed by atoms with Crippen molar-refractivity contribution in [2.45, 2.75) is 18.6 Å². The maximum atomic E-state index is 12.4. The van der Waals surface area contributed by atoms with Crippen molar-refractivity contribution in [2.75, 3.05) is 5.75 Å². The van der Waals surface area contributed by atoms with Crippen molar-refractivity contribution in [2.24, 2.45) is 0 Å². The SMILES string of the molecule is CCn1c(SCC(=O)c2ccc(Br)cc2)nnc1-c1cc2ccccc2o1. The number of ketones is 1. The van der Waals surface area contributed by atoms with Gasteiger partial charge in [0, 0.05) is 22.0 Å². The van der Waals surface area contributed by atoms with Gasteiger partial charge < -0.3 is 4.42 Å². The van der Waals surface area contributed by atoms with Gasteiger partial charge in [-0.3, -0.25) is 9.36 Å². The summed E-state index contributed by atoms with van der Waals surface area (Å²) in [4.78, 5) is 12.4. The largest absolute Gasteiger partial charge is 0.453 e. The number of aromatic nitrogens is 3. The number of halogens is 1. The maximum absolute atomic E-state index is 12.4. The van der Waals surface area contributed by atoms with E-state index in [1.54, 1.807) is 0 Å². The molecule has 4 rings (SSSR count). The lowest BCUT2D eigenvalue weighted by molar-refractivity contribution is 0.102. The standard InChI is InChI=1S/C20H16BrN3O2S/c1-2-24-19(18-11-14-5-3-4-6-17(14)26-18)22-23-20(24)27-12-16(25)13-7-9-15(21)10-8-13/h3-11H,2,12H2,1H3. The molecule has 0 atom stereocenters. The van der Waals surface area contributed by atoms with Crippen LogP contribution < -0.4 is 0 Å². The summed E-state index contributed by atoms with van der Waals surface area (Å²) in [7, 11) is 0. The van der Waals surface area contributed by atoms with Gasteiger partial charge in [0.1, 0.15) is 5.58 Å². The first-order valence-electron chi connectivity index (χ1n) is 8.49. The van der Waals surface area contributed by atoms with Crippen molar-refractivity contribution >= 4 is 44.4 Å². The maximum Gasteiger partial charge on any atom is 0.200 e. The van der Waals surface area contributed by atoms with Crippen LogP contribution >= 0.6 is 27.7 Å². The molecule has 2 aromatic carbocycles. The van der Waals surface area contributed by atoms with Crippen LogP contribution in [0.2, 0.25) is 0 Å². The second kappa shape index (κ2) is 7.70. The highest BCUT2D eigenvalue weighted by molar-refractivity contribution is 9.10. The third-order valence-electron chi connectivity index (χ3n) is 4.18. The minimum absolute atomic E-state index is 0.0587. The molecule has 0 bridgehead atoms. The molecular formula is C20H16BrN3O2S. The first-order chi connectivity index (χ1) is 13.2. The van der Waals surface area contributed by atoms with Gasteiger partial charge in [-0.15, -0.1) is 10.2 Å². The number of nitrogens with zero attached hydrogens (tertiary/aromatic N) is 3. The fourth-order valence-corrected chi connectivity index (χ4v) is 3.97. The van der Waals surface area contributed by atoms with Crippen LogP contribution in [0.3, 0.4) is 0 Å². The zero-order chi connectivity index (χ0) is 18.8. The molecule has 0 amide bonds. The van der Waals surface area contributed by atoms with Gasteiger partial charge in [-0.05, 0) is 31.2 Å². The molecule has 5 nitrogen and oxygen atoms in total. The highest BCUT2D eigenvalue weighted by Crippen LogP contribution is 2.29. The Balaban J connectivity index is 1.55. The van der Waals surface area contributed by atoms with Crippen molar-refractivity contribution in [3.63, 3.8) is 0 Å². The Hall–Kier alpha value is -2.38. The van der Waals surface area contributed by atoms with Crippen LogP contribution in [-0.4, -0.2) is 26.3 Å². The van der Waals surface area contributed by atoms with Gasteiger partial charge >= 0.3 is 0 Å². The Morgan fingerprint density at radius 2 is 1.93 bits per heavy atom. The van der Waals surface area contributed by atoms with Gasteiger partial charge in [-0.25, -0.2) is 0 Å².